The minimum Gasteiger partial charge on any atom is -0.395 e. The average molecular weight is 521 g/mol. The number of rotatable bonds is 9. The monoisotopic (exact) mass is 520 g/mol. The summed E-state index contributed by atoms with van der Waals surface area (Å²) in [5, 5.41) is 20.4. The highest BCUT2D eigenvalue weighted by atomic mass is 32.2. The molecule has 0 atom stereocenters. The van der Waals surface area contributed by atoms with Gasteiger partial charge in [0, 0.05) is 41.3 Å². The lowest BCUT2D eigenvalue weighted by molar-refractivity contribution is -0.670. The summed E-state index contributed by atoms with van der Waals surface area (Å²) in [6, 6.07) is 16.3. The van der Waals surface area contributed by atoms with Gasteiger partial charge in [0.15, 0.2) is 12.3 Å². The van der Waals surface area contributed by atoms with Crippen molar-refractivity contribution in [3.8, 4) is 0 Å². The molecule has 5 rings (SSSR count). The lowest BCUT2D eigenvalue weighted by atomic mass is 9.89. The number of nitrogens with zero attached hydrogens (tertiary/aromatic N) is 3. The fraction of sp³-hybridized carbons (Fsp3) is 0.286. The molecule has 0 bridgehead atoms. The highest BCUT2D eigenvalue weighted by molar-refractivity contribution is 8.03. The number of fused-ring (bicyclic) bond motifs is 2. The van der Waals surface area contributed by atoms with Crippen molar-refractivity contribution in [1.82, 2.24) is 0 Å². The summed E-state index contributed by atoms with van der Waals surface area (Å²) in [5.41, 5.74) is 4.63. The van der Waals surface area contributed by atoms with E-state index in [9.17, 15) is 15.0 Å². The molecule has 0 radical (unpaired) electrons. The summed E-state index contributed by atoms with van der Waals surface area (Å²) in [4.78, 5) is 18.8. The molecule has 3 aromatic rings. The molecule has 0 spiro atoms. The first-order chi connectivity index (χ1) is 17.6. The maximum Gasteiger partial charge on any atom is 0.263 e. The number of aromatic nitrogens is 1. The molecule has 1 aromatic heterocycles. The molecule has 2 heterocycles. The standard InChI is InChI=1S/C28H30N3O3S2/c1-3-29-21-9-5-6-10-22(21)30(13-15-32)25(29)17-19-27(34)20(28(19)35-4-2)18-26-31(14-16-33)23-11-7-8-12-24(23)36-26/h5-12,17-18,32-33H,3-4,13-16H2,1-2H3/q+1. The summed E-state index contributed by atoms with van der Waals surface area (Å²) >= 11 is 3.31. The van der Waals surface area contributed by atoms with Crippen LogP contribution in [0.15, 0.2) is 76.5 Å². The minimum atomic E-state index is 0.0226. The van der Waals surface area contributed by atoms with Crippen molar-refractivity contribution < 1.29 is 19.6 Å². The van der Waals surface area contributed by atoms with E-state index in [4.69, 9.17) is 0 Å². The fourth-order valence-corrected chi connectivity index (χ4v) is 6.91. The third-order valence-corrected chi connectivity index (χ3v) is 8.55. The smallest absolute Gasteiger partial charge is 0.263 e. The van der Waals surface area contributed by atoms with Gasteiger partial charge in [0.05, 0.1) is 18.0 Å². The first-order valence-corrected chi connectivity index (χ1v) is 14.1. The molecule has 0 amide bonds. The molecular formula is C28H30N3O3S2+. The molecule has 2 aromatic carbocycles. The Labute approximate surface area is 219 Å². The van der Waals surface area contributed by atoms with Gasteiger partial charge in [-0.2, -0.15) is 4.57 Å². The number of para-hydroxylation sites is 3. The zero-order valence-electron chi connectivity index (χ0n) is 20.5. The number of carbonyl (C=O) groups excluding carboxylic acids is 1. The minimum absolute atomic E-state index is 0.0226. The van der Waals surface area contributed by atoms with Crippen LogP contribution in [-0.4, -0.2) is 48.1 Å². The Kier molecular flexibility index (Phi) is 7.29. The topological polar surface area (TPSA) is 67.9 Å². The molecular weight excluding hydrogens is 490 g/mol. The van der Waals surface area contributed by atoms with Gasteiger partial charge in [0.1, 0.15) is 17.1 Å². The number of carbonyl (C=O) groups is 1. The van der Waals surface area contributed by atoms with E-state index in [1.165, 1.54) is 0 Å². The van der Waals surface area contributed by atoms with E-state index in [1.54, 1.807) is 23.1 Å². The maximum absolute atomic E-state index is 13.5. The van der Waals surface area contributed by atoms with Crippen LogP contribution in [0, 0.1) is 0 Å². The van der Waals surface area contributed by atoms with Gasteiger partial charge in [-0.05, 0) is 37.0 Å². The van der Waals surface area contributed by atoms with Gasteiger partial charge in [-0.15, -0.1) is 11.8 Å². The van der Waals surface area contributed by atoms with Crippen LogP contribution in [0.25, 0.3) is 16.3 Å². The summed E-state index contributed by atoms with van der Waals surface area (Å²) in [7, 11) is 0. The van der Waals surface area contributed by atoms with E-state index >= 15 is 0 Å². The third-order valence-electron chi connectivity index (χ3n) is 6.42. The number of allylic oxidation sites excluding steroid dienone is 3. The predicted octanol–water partition coefficient (Wildman–Crippen LogP) is 4.33. The van der Waals surface area contributed by atoms with Crippen LogP contribution in [0.3, 0.4) is 0 Å². The maximum atomic E-state index is 13.5. The number of anilines is 2. The number of thiazole rings is 1. The van der Waals surface area contributed by atoms with Gasteiger partial charge >= 0.3 is 0 Å². The predicted molar refractivity (Wildman–Crippen MR) is 149 cm³/mol. The number of Topliss-reactive ketones (excluding diaryl/α,β-unsaturated/α-hetero) is 1. The van der Waals surface area contributed by atoms with Crippen LogP contribution in [0.2, 0.25) is 0 Å². The van der Waals surface area contributed by atoms with Crippen LogP contribution in [-0.2, 0) is 11.3 Å². The van der Waals surface area contributed by atoms with Gasteiger partial charge < -0.3 is 20.0 Å². The molecule has 1 aliphatic heterocycles. The van der Waals surface area contributed by atoms with E-state index in [-0.39, 0.29) is 19.0 Å². The average Bonchev–Trinajstić information content (AvgIpc) is 3.40. The first-order valence-electron chi connectivity index (χ1n) is 12.3. The van der Waals surface area contributed by atoms with E-state index in [0.717, 1.165) is 55.2 Å². The SMILES string of the molecule is CCSC1=C(/C=C2/N(CC)c3ccccc3N2CCO)C(=O)/C1=C/c1sc2ccccc2[n+]1CCO. The Balaban J connectivity index is 1.60. The highest BCUT2D eigenvalue weighted by Crippen LogP contribution is 2.45. The number of thioether (sulfide) groups is 1. The number of β-amino-alcohol motifs (C(OH)–C–C–N with tert-alkyl or cyclic N) is 1. The Morgan fingerprint density at radius 1 is 0.972 bits per heavy atom. The Bertz CT molecular complexity index is 1410. The van der Waals surface area contributed by atoms with Crippen LogP contribution in [0.1, 0.15) is 18.9 Å². The summed E-state index contributed by atoms with van der Waals surface area (Å²) < 4.78 is 3.21. The zero-order valence-corrected chi connectivity index (χ0v) is 22.1. The second-order valence-corrected chi connectivity index (χ2v) is 10.8. The highest BCUT2D eigenvalue weighted by Gasteiger charge is 2.37. The summed E-state index contributed by atoms with van der Waals surface area (Å²) in [6.45, 7) is 5.95. The third kappa shape index (κ3) is 4.18. The molecule has 2 aliphatic rings. The fourth-order valence-electron chi connectivity index (χ4n) is 4.88. The Morgan fingerprint density at radius 2 is 1.69 bits per heavy atom. The second-order valence-electron chi connectivity index (χ2n) is 8.46. The van der Waals surface area contributed by atoms with E-state index in [1.807, 2.05) is 42.5 Å². The molecule has 0 saturated carbocycles. The van der Waals surface area contributed by atoms with Gasteiger partial charge in [0.2, 0.25) is 5.52 Å². The van der Waals surface area contributed by atoms with Crippen molar-refractivity contribution in [2.24, 2.45) is 0 Å². The van der Waals surface area contributed by atoms with Crippen molar-refractivity contribution >= 4 is 56.5 Å². The summed E-state index contributed by atoms with van der Waals surface area (Å²) in [6.07, 6.45) is 3.97. The normalized spacial score (nSPS) is 17.6. The Hall–Kier alpha value is -2.91. The number of benzene rings is 2. The molecule has 2 N–H and O–H groups in total. The van der Waals surface area contributed by atoms with Crippen molar-refractivity contribution in [2.75, 3.05) is 41.9 Å². The molecule has 186 valence electrons. The van der Waals surface area contributed by atoms with E-state index < -0.39 is 0 Å². The first kappa shape index (κ1) is 24.8. The molecule has 8 heteroatoms. The lowest BCUT2D eigenvalue weighted by Gasteiger charge is -2.28. The van der Waals surface area contributed by atoms with Crippen molar-refractivity contribution in [3.63, 3.8) is 0 Å². The molecule has 0 fully saturated rings. The van der Waals surface area contributed by atoms with Gasteiger partial charge in [0.25, 0.3) is 5.01 Å². The van der Waals surface area contributed by atoms with Crippen LogP contribution >= 0.6 is 23.1 Å². The largest absolute Gasteiger partial charge is 0.395 e. The summed E-state index contributed by atoms with van der Waals surface area (Å²) in [5.74, 6) is 1.80. The second kappa shape index (κ2) is 10.6. The van der Waals surface area contributed by atoms with E-state index in [0.29, 0.717) is 18.7 Å². The number of hydrogen-bond donors (Lipinski definition) is 2. The molecule has 0 saturated heterocycles. The van der Waals surface area contributed by atoms with Gasteiger partial charge in [-0.3, -0.25) is 4.79 Å². The Morgan fingerprint density at radius 3 is 2.39 bits per heavy atom. The number of hydrogen-bond acceptors (Lipinski definition) is 7. The molecule has 36 heavy (non-hydrogen) atoms. The van der Waals surface area contributed by atoms with Gasteiger partial charge in [-0.25, -0.2) is 0 Å². The van der Waals surface area contributed by atoms with Crippen LogP contribution < -0.4 is 14.4 Å². The van der Waals surface area contributed by atoms with Crippen molar-refractivity contribution in [2.45, 2.75) is 20.4 Å². The molecule has 1 aliphatic carbocycles. The quantitative estimate of drug-likeness (QED) is 0.323. The number of aliphatic hydroxyl groups is 2. The molecule has 6 nitrogen and oxygen atoms in total. The number of ketones is 1. The molecule has 0 unspecified atom stereocenters. The van der Waals surface area contributed by atoms with Gasteiger partial charge in [-0.1, -0.05) is 42.5 Å². The van der Waals surface area contributed by atoms with Crippen LogP contribution in [0.4, 0.5) is 11.4 Å². The lowest BCUT2D eigenvalue weighted by Crippen LogP contribution is -2.37. The van der Waals surface area contributed by atoms with Crippen molar-refractivity contribution in [1.29, 1.82) is 0 Å². The number of aliphatic hydroxyl groups excluding tert-OH is 2. The van der Waals surface area contributed by atoms with Crippen molar-refractivity contribution in [3.05, 3.63) is 81.5 Å². The van der Waals surface area contributed by atoms with Crippen LogP contribution in [0.5, 0.6) is 0 Å². The zero-order chi connectivity index (χ0) is 25.2. The van der Waals surface area contributed by atoms with E-state index in [2.05, 4.69) is 46.4 Å².